The number of piperidine rings is 1. The van der Waals surface area contributed by atoms with Gasteiger partial charge >= 0.3 is 0 Å². The van der Waals surface area contributed by atoms with E-state index in [0.717, 1.165) is 48.1 Å². The predicted octanol–water partition coefficient (Wildman–Crippen LogP) is 4.51. The van der Waals surface area contributed by atoms with Crippen LogP contribution in [0.15, 0.2) is 41.3 Å². The summed E-state index contributed by atoms with van der Waals surface area (Å²) in [5, 5.41) is 9.05. The molecule has 0 radical (unpaired) electrons. The molecule has 0 N–H and O–H groups in total. The maximum Gasteiger partial charge on any atom is 0.0991 e. The van der Waals surface area contributed by atoms with Crippen LogP contribution in [0.2, 0.25) is 4.34 Å². The van der Waals surface area contributed by atoms with Crippen molar-refractivity contribution in [3.8, 4) is 6.07 Å². The van der Waals surface area contributed by atoms with Crippen LogP contribution in [0.5, 0.6) is 0 Å². The standard InChI is InChI=1S/C18H19ClN2OS2.ClH/c19-18-6-3-15(23-18)7-10-21-11-8-17(9-12-21)24(22)16-4-1-14(13-20)2-5-16;/h1-6,17H,7-12H2;1H. The van der Waals surface area contributed by atoms with Gasteiger partial charge in [-0.1, -0.05) is 11.6 Å². The molecule has 3 nitrogen and oxygen atoms in total. The average Bonchev–Trinajstić information content (AvgIpc) is 3.05. The smallest absolute Gasteiger partial charge is 0.0991 e. The number of benzene rings is 1. The molecule has 1 unspecified atom stereocenters. The Morgan fingerprint density at radius 1 is 1.20 bits per heavy atom. The van der Waals surface area contributed by atoms with Crippen LogP contribution in [0.4, 0.5) is 0 Å². The number of hydrogen-bond acceptors (Lipinski definition) is 4. The van der Waals surface area contributed by atoms with Crippen LogP contribution in [-0.2, 0) is 17.2 Å². The largest absolute Gasteiger partial charge is 0.303 e. The van der Waals surface area contributed by atoms with Crippen molar-refractivity contribution in [3.05, 3.63) is 51.2 Å². The van der Waals surface area contributed by atoms with E-state index in [-0.39, 0.29) is 17.7 Å². The number of thiophene rings is 1. The zero-order chi connectivity index (χ0) is 16.9. The summed E-state index contributed by atoms with van der Waals surface area (Å²) in [7, 11) is -0.983. The second kappa shape index (κ2) is 9.70. The molecule has 7 heteroatoms. The second-order valence-electron chi connectivity index (χ2n) is 5.93. The van der Waals surface area contributed by atoms with Crippen LogP contribution in [-0.4, -0.2) is 34.0 Å². The molecule has 1 aromatic heterocycles. The zero-order valence-corrected chi connectivity index (χ0v) is 16.9. The topological polar surface area (TPSA) is 44.1 Å². The first kappa shape index (κ1) is 20.4. The molecule has 1 atom stereocenters. The summed E-state index contributed by atoms with van der Waals surface area (Å²) < 4.78 is 13.5. The van der Waals surface area contributed by atoms with Gasteiger partial charge in [-0.15, -0.1) is 23.7 Å². The zero-order valence-electron chi connectivity index (χ0n) is 13.7. The maximum atomic E-state index is 12.7. The number of hydrogen-bond donors (Lipinski definition) is 0. The molecule has 0 saturated carbocycles. The highest BCUT2D eigenvalue weighted by molar-refractivity contribution is 7.85. The molecule has 1 fully saturated rings. The third-order valence-electron chi connectivity index (χ3n) is 4.36. The molecule has 1 aromatic carbocycles. The molecule has 0 amide bonds. The van der Waals surface area contributed by atoms with Crippen LogP contribution in [0.3, 0.4) is 0 Å². The van der Waals surface area contributed by atoms with Crippen molar-refractivity contribution in [2.75, 3.05) is 19.6 Å². The Kier molecular flexibility index (Phi) is 7.92. The molecule has 1 aliphatic rings. The lowest BCUT2D eigenvalue weighted by Crippen LogP contribution is -2.38. The minimum Gasteiger partial charge on any atom is -0.303 e. The van der Waals surface area contributed by atoms with E-state index in [0.29, 0.717) is 5.56 Å². The van der Waals surface area contributed by atoms with Crippen LogP contribution >= 0.6 is 35.3 Å². The lowest BCUT2D eigenvalue weighted by atomic mass is 10.1. The molecule has 1 aliphatic heterocycles. The van der Waals surface area contributed by atoms with Crippen LogP contribution in [0.1, 0.15) is 23.3 Å². The monoisotopic (exact) mass is 414 g/mol. The number of nitriles is 1. The van der Waals surface area contributed by atoms with E-state index >= 15 is 0 Å². The van der Waals surface area contributed by atoms with E-state index in [2.05, 4.69) is 17.0 Å². The van der Waals surface area contributed by atoms with Crippen molar-refractivity contribution >= 4 is 46.1 Å². The molecule has 0 bridgehead atoms. The first-order valence-corrected chi connectivity index (χ1v) is 10.4. The fraction of sp³-hybridized carbons (Fsp3) is 0.389. The third-order valence-corrected chi connectivity index (χ3v) is 7.46. The van der Waals surface area contributed by atoms with Crippen molar-refractivity contribution in [1.82, 2.24) is 4.90 Å². The summed E-state index contributed by atoms with van der Waals surface area (Å²) in [5.74, 6) is 0. The van der Waals surface area contributed by atoms with Crippen LogP contribution in [0, 0.1) is 11.3 Å². The van der Waals surface area contributed by atoms with Gasteiger partial charge in [0.1, 0.15) is 0 Å². The highest BCUT2D eigenvalue weighted by atomic mass is 35.5. The normalized spacial score (nSPS) is 16.8. The van der Waals surface area contributed by atoms with Crippen molar-refractivity contribution < 1.29 is 4.21 Å². The highest BCUT2D eigenvalue weighted by Crippen LogP contribution is 2.24. The predicted molar refractivity (Wildman–Crippen MR) is 107 cm³/mol. The summed E-state index contributed by atoms with van der Waals surface area (Å²) in [4.78, 5) is 4.60. The number of rotatable bonds is 5. The molecule has 25 heavy (non-hydrogen) atoms. The second-order valence-corrected chi connectivity index (χ2v) is 9.46. The molecule has 1 saturated heterocycles. The van der Waals surface area contributed by atoms with Gasteiger partial charge in [0.05, 0.1) is 26.8 Å². The average molecular weight is 415 g/mol. The maximum absolute atomic E-state index is 12.7. The highest BCUT2D eigenvalue weighted by Gasteiger charge is 2.24. The van der Waals surface area contributed by atoms with Gasteiger partial charge in [0, 0.05) is 21.6 Å². The minimum atomic E-state index is -0.983. The SMILES string of the molecule is Cl.N#Cc1ccc(S(=O)C2CCN(CCc3ccc(Cl)s3)CC2)cc1. The van der Waals surface area contributed by atoms with Gasteiger partial charge in [0.25, 0.3) is 0 Å². The van der Waals surface area contributed by atoms with Crippen molar-refractivity contribution in [3.63, 3.8) is 0 Å². The van der Waals surface area contributed by atoms with Crippen molar-refractivity contribution in [2.24, 2.45) is 0 Å². The van der Waals surface area contributed by atoms with E-state index in [1.807, 2.05) is 18.2 Å². The molecule has 2 aromatic rings. The van der Waals surface area contributed by atoms with Crippen molar-refractivity contribution in [1.29, 1.82) is 5.26 Å². The lowest BCUT2D eigenvalue weighted by molar-refractivity contribution is 0.234. The number of likely N-dealkylation sites (tertiary alicyclic amines) is 1. The van der Waals surface area contributed by atoms with E-state index in [4.69, 9.17) is 16.9 Å². The minimum absolute atomic E-state index is 0. The van der Waals surface area contributed by atoms with Crippen LogP contribution < -0.4 is 0 Å². The van der Waals surface area contributed by atoms with Gasteiger partial charge in [-0.25, -0.2) is 0 Å². The lowest BCUT2D eigenvalue weighted by Gasteiger charge is -2.31. The quantitative estimate of drug-likeness (QED) is 0.722. The summed E-state index contributed by atoms with van der Waals surface area (Å²) in [5.41, 5.74) is 0.610. The Bertz CT molecular complexity index is 747. The number of nitrogens with zero attached hydrogens (tertiary/aromatic N) is 2. The molecule has 0 spiro atoms. The van der Waals surface area contributed by atoms with Gasteiger partial charge < -0.3 is 4.90 Å². The number of halogens is 2. The molecular weight excluding hydrogens is 395 g/mol. The Morgan fingerprint density at radius 2 is 1.88 bits per heavy atom. The first-order valence-electron chi connectivity index (χ1n) is 8.03. The summed E-state index contributed by atoms with van der Waals surface area (Å²) in [6, 6.07) is 13.3. The third kappa shape index (κ3) is 5.54. The first-order chi connectivity index (χ1) is 11.7. The van der Waals surface area contributed by atoms with E-state index < -0.39 is 10.8 Å². The molecule has 134 valence electrons. The molecule has 0 aliphatic carbocycles. The van der Waals surface area contributed by atoms with Gasteiger partial charge in [-0.3, -0.25) is 4.21 Å². The van der Waals surface area contributed by atoms with E-state index in [1.165, 1.54) is 4.88 Å². The van der Waals surface area contributed by atoms with E-state index in [9.17, 15) is 4.21 Å². The van der Waals surface area contributed by atoms with E-state index in [1.54, 1.807) is 23.5 Å². The van der Waals surface area contributed by atoms with Crippen molar-refractivity contribution in [2.45, 2.75) is 29.4 Å². The van der Waals surface area contributed by atoms with Gasteiger partial charge in [0.15, 0.2) is 0 Å². The Hall–Kier alpha value is -0.900. The summed E-state index contributed by atoms with van der Waals surface area (Å²) in [6.45, 7) is 3.02. The Labute approximate surface area is 166 Å². The fourth-order valence-corrected chi connectivity index (χ4v) is 5.46. The molecule has 2 heterocycles. The molecule has 3 rings (SSSR count). The summed E-state index contributed by atoms with van der Waals surface area (Å²) >= 11 is 7.62. The fourth-order valence-electron chi connectivity index (χ4n) is 2.96. The van der Waals surface area contributed by atoms with Gasteiger partial charge in [-0.05, 0) is 68.8 Å². The van der Waals surface area contributed by atoms with Gasteiger partial charge in [-0.2, -0.15) is 5.26 Å². The Morgan fingerprint density at radius 3 is 2.44 bits per heavy atom. The van der Waals surface area contributed by atoms with Crippen LogP contribution in [0.25, 0.3) is 0 Å². The Balaban J connectivity index is 0.00000225. The molecular formula is C18H20Cl2N2OS2. The van der Waals surface area contributed by atoms with Gasteiger partial charge in [0.2, 0.25) is 0 Å². The summed E-state index contributed by atoms with van der Waals surface area (Å²) in [6.07, 6.45) is 2.94.